The van der Waals surface area contributed by atoms with E-state index in [1.165, 1.54) is 12.1 Å². The molecule has 0 spiro atoms. The summed E-state index contributed by atoms with van der Waals surface area (Å²) in [7, 11) is 0. The lowest BCUT2D eigenvalue weighted by Gasteiger charge is -2.23. The van der Waals surface area contributed by atoms with E-state index < -0.39 is 11.7 Å². The van der Waals surface area contributed by atoms with Crippen molar-refractivity contribution in [1.29, 1.82) is 0 Å². The fraction of sp³-hybridized carbons (Fsp3) is 0.400. The van der Waals surface area contributed by atoms with Crippen LogP contribution in [0.1, 0.15) is 12.0 Å². The zero-order valence-corrected chi connectivity index (χ0v) is 13.8. The first-order valence-corrected chi connectivity index (χ1v) is 8.01. The van der Waals surface area contributed by atoms with E-state index in [4.69, 9.17) is 11.6 Å². The number of aromatic nitrogens is 3. The molecule has 1 saturated heterocycles. The molecule has 0 atom stereocenters. The van der Waals surface area contributed by atoms with Crippen molar-refractivity contribution in [2.24, 2.45) is 0 Å². The molecule has 0 bridgehead atoms. The standard InChI is InChI=1S/C15H15ClF3N5O/c16-12-8-11(14(25)22-21-12)23-4-1-5-24(7-6-23)13-3-2-10(9-20-13)15(17,18)19/h2-3,8-9H,1,4-7H2,(H,22,25). The highest BCUT2D eigenvalue weighted by Gasteiger charge is 2.31. The third-order valence-electron chi connectivity index (χ3n) is 3.99. The molecular weight excluding hydrogens is 359 g/mol. The van der Waals surface area contributed by atoms with Crippen molar-refractivity contribution in [3.63, 3.8) is 0 Å². The summed E-state index contributed by atoms with van der Waals surface area (Å²) < 4.78 is 37.9. The summed E-state index contributed by atoms with van der Waals surface area (Å²) >= 11 is 5.83. The molecule has 0 aliphatic carbocycles. The molecule has 3 heterocycles. The lowest BCUT2D eigenvalue weighted by Crippen LogP contribution is -2.34. The van der Waals surface area contributed by atoms with Gasteiger partial charge in [0.15, 0.2) is 5.15 Å². The minimum atomic E-state index is -4.40. The maximum atomic E-state index is 12.6. The summed E-state index contributed by atoms with van der Waals surface area (Å²) in [6.07, 6.45) is -2.84. The Morgan fingerprint density at radius 3 is 2.52 bits per heavy atom. The van der Waals surface area contributed by atoms with Crippen LogP contribution in [-0.4, -0.2) is 41.4 Å². The van der Waals surface area contributed by atoms with Crippen LogP contribution in [0.5, 0.6) is 0 Å². The van der Waals surface area contributed by atoms with Crippen molar-refractivity contribution in [2.45, 2.75) is 12.6 Å². The summed E-state index contributed by atoms with van der Waals surface area (Å²) in [6.45, 7) is 2.30. The van der Waals surface area contributed by atoms with Crippen LogP contribution in [0.4, 0.5) is 24.7 Å². The minimum Gasteiger partial charge on any atom is -0.365 e. The van der Waals surface area contributed by atoms with Crippen LogP contribution < -0.4 is 15.4 Å². The predicted octanol–water partition coefficient (Wildman–Crippen LogP) is 2.55. The second-order valence-electron chi connectivity index (χ2n) is 5.64. The van der Waals surface area contributed by atoms with Gasteiger partial charge in [-0.3, -0.25) is 4.79 Å². The van der Waals surface area contributed by atoms with Gasteiger partial charge in [-0.05, 0) is 18.6 Å². The molecule has 2 aromatic rings. The number of hydrogen-bond acceptors (Lipinski definition) is 5. The average molecular weight is 374 g/mol. The Bertz CT molecular complexity index is 793. The molecule has 1 fully saturated rings. The molecule has 0 saturated carbocycles. The van der Waals surface area contributed by atoms with Crippen LogP contribution in [0.15, 0.2) is 29.2 Å². The van der Waals surface area contributed by atoms with Gasteiger partial charge in [-0.25, -0.2) is 10.1 Å². The molecule has 1 aliphatic rings. The van der Waals surface area contributed by atoms with Crippen molar-refractivity contribution < 1.29 is 13.2 Å². The number of H-pyrrole nitrogens is 1. The molecule has 1 aliphatic heterocycles. The molecule has 1 N–H and O–H groups in total. The maximum Gasteiger partial charge on any atom is 0.417 e. The van der Waals surface area contributed by atoms with Gasteiger partial charge in [0.05, 0.1) is 5.56 Å². The molecule has 134 valence electrons. The van der Waals surface area contributed by atoms with E-state index >= 15 is 0 Å². The van der Waals surface area contributed by atoms with E-state index in [1.54, 1.807) is 0 Å². The lowest BCUT2D eigenvalue weighted by molar-refractivity contribution is -0.137. The highest BCUT2D eigenvalue weighted by atomic mass is 35.5. The SMILES string of the molecule is O=c1[nH]nc(Cl)cc1N1CCCN(c2ccc(C(F)(F)F)cn2)CC1. The molecule has 2 aromatic heterocycles. The molecule has 0 aromatic carbocycles. The number of pyridine rings is 1. The monoisotopic (exact) mass is 373 g/mol. The quantitative estimate of drug-likeness (QED) is 0.876. The fourth-order valence-corrected chi connectivity index (χ4v) is 2.88. The summed E-state index contributed by atoms with van der Waals surface area (Å²) in [5, 5.41) is 6.17. The second kappa shape index (κ2) is 6.91. The van der Waals surface area contributed by atoms with Gasteiger partial charge in [-0.2, -0.15) is 18.3 Å². The number of halogens is 4. The normalized spacial score (nSPS) is 16.0. The third kappa shape index (κ3) is 4.04. The first-order valence-electron chi connectivity index (χ1n) is 7.63. The van der Waals surface area contributed by atoms with Crippen LogP contribution in [-0.2, 0) is 6.18 Å². The summed E-state index contributed by atoms with van der Waals surface area (Å²) in [5.41, 5.74) is -0.668. The average Bonchev–Trinajstić information content (AvgIpc) is 2.82. The molecule has 0 unspecified atom stereocenters. The minimum absolute atomic E-state index is 0.195. The van der Waals surface area contributed by atoms with Gasteiger partial charge >= 0.3 is 6.18 Å². The van der Waals surface area contributed by atoms with E-state index in [0.717, 1.165) is 18.7 Å². The Hall–Kier alpha value is -2.29. The zero-order chi connectivity index (χ0) is 18.0. The Labute approximate surface area is 146 Å². The second-order valence-corrected chi connectivity index (χ2v) is 6.02. The topological polar surface area (TPSA) is 65.1 Å². The summed E-state index contributed by atoms with van der Waals surface area (Å²) in [5.74, 6) is 0.483. The number of anilines is 2. The largest absolute Gasteiger partial charge is 0.417 e. The Morgan fingerprint density at radius 2 is 1.84 bits per heavy atom. The Morgan fingerprint density at radius 1 is 1.12 bits per heavy atom. The van der Waals surface area contributed by atoms with E-state index in [0.29, 0.717) is 37.7 Å². The molecular formula is C15H15ClF3N5O. The van der Waals surface area contributed by atoms with Crippen LogP contribution >= 0.6 is 11.6 Å². The smallest absolute Gasteiger partial charge is 0.365 e. The highest BCUT2D eigenvalue weighted by Crippen LogP contribution is 2.29. The van der Waals surface area contributed by atoms with Gasteiger partial charge in [-0.15, -0.1) is 0 Å². The molecule has 25 heavy (non-hydrogen) atoms. The first-order chi connectivity index (χ1) is 11.8. The molecule has 0 radical (unpaired) electrons. The van der Waals surface area contributed by atoms with Crippen molar-refractivity contribution in [3.05, 3.63) is 45.5 Å². The number of rotatable bonds is 2. The summed E-state index contributed by atoms with van der Waals surface area (Å²) in [6, 6.07) is 3.90. The van der Waals surface area contributed by atoms with Crippen LogP contribution in [0.25, 0.3) is 0 Å². The van der Waals surface area contributed by atoms with E-state index in [9.17, 15) is 18.0 Å². The molecule has 0 amide bonds. The fourth-order valence-electron chi connectivity index (χ4n) is 2.74. The van der Waals surface area contributed by atoms with Gasteiger partial charge < -0.3 is 9.80 Å². The van der Waals surface area contributed by atoms with E-state index in [2.05, 4.69) is 15.2 Å². The number of alkyl halides is 3. The van der Waals surface area contributed by atoms with Gasteiger partial charge in [0.1, 0.15) is 11.5 Å². The van der Waals surface area contributed by atoms with Crippen molar-refractivity contribution in [2.75, 3.05) is 36.0 Å². The summed E-state index contributed by atoms with van der Waals surface area (Å²) in [4.78, 5) is 19.6. The van der Waals surface area contributed by atoms with Gasteiger partial charge in [0.2, 0.25) is 0 Å². The van der Waals surface area contributed by atoms with Crippen LogP contribution in [0.2, 0.25) is 5.15 Å². The highest BCUT2D eigenvalue weighted by molar-refractivity contribution is 6.29. The van der Waals surface area contributed by atoms with Gasteiger partial charge in [-0.1, -0.05) is 11.6 Å². The maximum absolute atomic E-state index is 12.6. The van der Waals surface area contributed by atoms with Gasteiger partial charge in [0.25, 0.3) is 5.56 Å². The van der Waals surface area contributed by atoms with Crippen molar-refractivity contribution in [1.82, 2.24) is 15.2 Å². The Balaban J connectivity index is 1.73. The molecule has 3 rings (SSSR count). The Kier molecular flexibility index (Phi) is 4.85. The van der Waals surface area contributed by atoms with Crippen molar-refractivity contribution in [3.8, 4) is 0 Å². The zero-order valence-electron chi connectivity index (χ0n) is 13.1. The molecule has 10 heteroatoms. The van der Waals surface area contributed by atoms with E-state index in [1.807, 2.05) is 9.80 Å². The van der Waals surface area contributed by atoms with Crippen molar-refractivity contribution >= 4 is 23.1 Å². The van der Waals surface area contributed by atoms with Crippen LogP contribution in [0, 0.1) is 0 Å². The third-order valence-corrected chi connectivity index (χ3v) is 4.18. The molecule has 6 nitrogen and oxygen atoms in total. The predicted molar refractivity (Wildman–Crippen MR) is 88.1 cm³/mol. The lowest BCUT2D eigenvalue weighted by atomic mass is 10.2. The number of nitrogens with zero attached hydrogens (tertiary/aromatic N) is 4. The number of nitrogens with one attached hydrogen (secondary N) is 1. The first kappa shape index (κ1) is 17.5. The number of hydrogen-bond donors (Lipinski definition) is 1. The van der Waals surface area contributed by atoms with Gasteiger partial charge in [0, 0.05) is 38.4 Å². The number of aromatic amines is 1. The van der Waals surface area contributed by atoms with Crippen LogP contribution in [0.3, 0.4) is 0 Å². The van der Waals surface area contributed by atoms with E-state index in [-0.39, 0.29) is 10.7 Å².